The first-order chi connectivity index (χ1) is 1.00. The third kappa shape index (κ3) is 12.1. The van der Waals surface area contributed by atoms with E-state index in [-0.39, 0.29) is 39.0 Å². The Hall–Kier alpha value is 0.987. The largest absolute Gasteiger partial charge is 1.00 e. The predicted octanol–water partition coefficient (Wildman–Crippen LogP) is 0.600. The van der Waals surface area contributed by atoms with Crippen LogP contribution in [0.5, 0.6) is 0 Å². The van der Waals surface area contributed by atoms with E-state index in [2.05, 4.69) is 13.2 Å². The van der Waals surface area contributed by atoms with Crippen LogP contribution in [0.1, 0.15) is 0 Å². The van der Waals surface area contributed by atoms with Gasteiger partial charge in [-0.05, 0) is 0 Å². The number of hydrogen-bond acceptors (Lipinski definition) is 0. The second-order valence-electron chi connectivity index (χ2n) is 0. The second kappa shape index (κ2) is 36.5. The Kier molecular flexibility index (Phi) is 183. The molecule has 0 aromatic carbocycles. The third-order valence-corrected chi connectivity index (χ3v) is 0. The van der Waals surface area contributed by atoms with E-state index >= 15 is 0 Å². The fourth-order valence-electron chi connectivity index (χ4n) is 0. The van der Waals surface area contributed by atoms with Gasteiger partial charge in [0.1, 0.15) is 0 Å². The summed E-state index contributed by atoms with van der Waals surface area (Å²) in [6.07, 6.45) is 0. The molecule has 0 heterocycles. The average molecular weight is 229 g/mol. The summed E-state index contributed by atoms with van der Waals surface area (Å²) in [7, 11) is 0. The fraction of sp³-hybridized carbons (Fsp3) is 0. The molecule has 0 aliphatic rings. The summed E-state index contributed by atoms with van der Waals surface area (Å²) < 4.78 is 0. The number of hydrogen-bond donors (Lipinski definition) is 0. The molecule has 0 aromatic rings. The van der Waals surface area contributed by atoms with Crippen LogP contribution in [0.2, 0.25) is 0 Å². The zero-order valence-corrected chi connectivity index (χ0v) is 5.47. The van der Waals surface area contributed by atoms with Gasteiger partial charge in [0.2, 0.25) is 0 Å². The molecule has 2 heteroatoms. The second-order valence-corrected chi connectivity index (χ2v) is 0. The molecule has 0 saturated heterocycles. The first-order valence-corrected chi connectivity index (χ1v) is 0.408. The van der Waals surface area contributed by atoms with Gasteiger partial charge in [-0.2, -0.15) is 0 Å². The molecule has 0 unspecified atom stereocenters. The van der Waals surface area contributed by atoms with Gasteiger partial charge in [-0.1, -0.05) is 0 Å². The maximum atomic E-state index is 4.25. The Morgan fingerprint density at radius 1 is 1.25 bits per heavy atom. The van der Waals surface area contributed by atoms with Gasteiger partial charge in [0.25, 0.3) is 0 Å². The van der Waals surface area contributed by atoms with Crippen LogP contribution in [0.4, 0.5) is 0 Å². The van der Waals surface area contributed by atoms with E-state index in [1.807, 2.05) is 0 Å². The van der Waals surface area contributed by atoms with Crippen molar-refractivity contribution < 1.29 is 39.0 Å². The van der Waals surface area contributed by atoms with Crippen LogP contribution in [-0.4, -0.2) is 0 Å². The molecule has 27 valence electrons. The van der Waals surface area contributed by atoms with Crippen LogP contribution in [0.25, 0.3) is 0 Å². The van der Waals surface area contributed by atoms with Crippen molar-refractivity contribution in [2.45, 2.75) is 0 Å². The molecular weight excluding hydrogens is 226 g/mol. The molecule has 0 aliphatic heterocycles. The van der Waals surface area contributed by atoms with E-state index < -0.39 is 0 Å². The summed E-state index contributed by atoms with van der Waals surface area (Å²) in [6, 6.07) is 0. The average Bonchev–Trinajstić information content (AvgIpc) is 1.00. The Morgan fingerprint density at radius 2 is 1.25 bits per heavy atom. The zero-order valence-electron chi connectivity index (χ0n) is 1.99. The van der Waals surface area contributed by atoms with Gasteiger partial charge in [0.05, 0.1) is 0 Å². The minimum absolute atomic E-state index is 0. The molecular formula is C2H3Ru2. The predicted molar refractivity (Wildman–Crippen MR) is 9.93 cm³/mol. The van der Waals surface area contributed by atoms with Crippen molar-refractivity contribution in [2.75, 3.05) is 0 Å². The normalized spacial score (nSPS) is 1.00. The molecule has 0 aromatic heterocycles. The van der Waals surface area contributed by atoms with Crippen molar-refractivity contribution in [1.82, 2.24) is 0 Å². The molecule has 0 atom stereocenters. The summed E-state index contributed by atoms with van der Waals surface area (Å²) in [5.74, 6) is 0. The van der Waals surface area contributed by atoms with Crippen LogP contribution in [-0.2, 0) is 39.0 Å². The van der Waals surface area contributed by atoms with E-state index in [9.17, 15) is 0 Å². The molecule has 0 aliphatic carbocycles. The van der Waals surface area contributed by atoms with E-state index in [0.717, 1.165) is 0 Å². The van der Waals surface area contributed by atoms with Crippen LogP contribution in [0, 0.1) is 6.58 Å². The van der Waals surface area contributed by atoms with Gasteiger partial charge in [-0.15, -0.1) is 0 Å². The van der Waals surface area contributed by atoms with Gasteiger partial charge in [-0.3, -0.25) is 6.58 Å². The van der Waals surface area contributed by atoms with Crippen molar-refractivity contribution in [2.24, 2.45) is 0 Å². The first kappa shape index (κ1) is 20.1. The summed E-state index contributed by atoms with van der Waals surface area (Å²) >= 11 is 0. The molecule has 0 rings (SSSR count). The Balaban J connectivity index is -0.00000000500. The van der Waals surface area contributed by atoms with Crippen molar-refractivity contribution >= 4 is 0 Å². The molecule has 0 nitrogen and oxygen atoms in total. The SMILES string of the molecule is [CH-]=C.[Ru+].[Ru]. The van der Waals surface area contributed by atoms with Crippen molar-refractivity contribution in [3.8, 4) is 0 Å². The molecule has 0 N–H and O–H groups in total. The zero-order chi connectivity index (χ0) is 2.00. The number of rotatable bonds is 0. The Labute approximate surface area is 52.2 Å². The molecule has 0 saturated carbocycles. The smallest absolute Gasteiger partial charge is 0.521 e. The summed E-state index contributed by atoms with van der Waals surface area (Å²) in [5.41, 5.74) is 0. The van der Waals surface area contributed by atoms with Crippen LogP contribution < -0.4 is 0 Å². The van der Waals surface area contributed by atoms with Gasteiger partial charge >= 0.3 is 19.5 Å². The van der Waals surface area contributed by atoms with Gasteiger partial charge in [0.15, 0.2) is 0 Å². The molecule has 0 spiro atoms. The Bertz CT molecular complexity index is 4.00. The fourth-order valence-corrected chi connectivity index (χ4v) is 0. The van der Waals surface area contributed by atoms with Crippen molar-refractivity contribution in [3.05, 3.63) is 13.2 Å². The topological polar surface area (TPSA) is 0 Å². The molecule has 1 radical (unpaired) electrons. The van der Waals surface area contributed by atoms with Gasteiger partial charge in [-0.25, -0.2) is 0 Å². The molecule has 0 bridgehead atoms. The summed E-state index contributed by atoms with van der Waals surface area (Å²) in [5, 5.41) is 0. The maximum absolute atomic E-state index is 4.25. The summed E-state index contributed by atoms with van der Waals surface area (Å²) in [4.78, 5) is 0. The van der Waals surface area contributed by atoms with E-state index in [1.54, 1.807) is 0 Å². The summed E-state index contributed by atoms with van der Waals surface area (Å²) in [6.45, 7) is 7.00. The van der Waals surface area contributed by atoms with Gasteiger partial charge < -0.3 is 6.58 Å². The van der Waals surface area contributed by atoms with Crippen LogP contribution >= 0.6 is 0 Å². The molecule has 4 heavy (non-hydrogen) atoms. The minimum Gasteiger partial charge on any atom is -0.521 e. The van der Waals surface area contributed by atoms with Crippen LogP contribution in [0.3, 0.4) is 0 Å². The quantitative estimate of drug-likeness (QED) is 0.421. The monoisotopic (exact) mass is 231 g/mol. The first-order valence-electron chi connectivity index (χ1n) is 0.408. The van der Waals surface area contributed by atoms with Crippen molar-refractivity contribution in [3.63, 3.8) is 0 Å². The van der Waals surface area contributed by atoms with Gasteiger partial charge in [0, 0.05) is 19.5 Å². The molecule has 0 amide bonds. The Morgan fingerprint density at radius 3 is 1.25 bits per heavy atom. The van der Waals surface area contributed by atoms with E-state index in [4.69, 9.17) is 0 Å². The van der Waals surface area contributed by atoms with E-state index in [0.29, 0.717) is 0 Å². The third-order valence-electron chi connectivity index (χ3n) is 0. The molecule has 0 fully saturated rings. The van der Waals surface area contributed by atoms with E-state index in [1.165, 1.54) is 0 Å². The van der Waals surface area contributed by atoms with Crippen LogP contribution in [0.15, 0.2) is 6.58 Å². The van der Waals surface area contributed by atoms with Crippen molar-refractivity contribution in [1.29, 1.82) is 0 Å². The minimum atomic E-state index is 0. The standard InChI is InChI=1S/C2H3.2Ru/c1-2;;/h1H,2H2;;/q-1;;+1. The maximum Gasteiger partial charge on any atom is 1.00 e.